The molecule has 3 rings (SSSR count). The van der Waals surface area contributed by atoms with Gasteiger partial charge in [0.25, 0.3) is 5.91 Å². The Bertz CT molecular complexity index is 1040. The van der Waals surface area contributed by atoms with Gasteiger partial charge in [0, 0.05) is 10.9 Å². The molecule has 1 amide bonds. The Kier molecular flexibility index (Phi) is 9.84. The van der Waals surface area contributed by atoms with Crippen molar-refractivity contribution >= 4 is 29.7 Å². The first-order valence-electron chi connectivity index (χ1n) is 10.2. The summed E-state index contributed by atoms with van der Waals surface area (Å²) in [5, 5.41) is 4.97. The predicted molar refractivity (Wildman–Crippen MR) is 133 cm³/mol. The van der Waals surface area contributed by atoms with Gasteiger partial charge in [-0.05, 0) is 49.0 Å². The molecule has 7 nitrogen and oxygen atoms in total. The Morgan fingerprint density at radius 1 is 1.03 bits per heavy atom. The lowest BCUT2D eigenvalue weighted by Gasteiger charge is -2.20. The number of carbonyl (C=O) groups excluding carboxylic acids is 1. The first kappa shape index (κ1) is 26.3. The first-order valence-corrected chi connectivity index (χ1v) is 11.0. The topological polar surface area (TPSA) is 92.0 Å². The highest BCUT2D eigenvalue weighted by molar-refractivity contribution is 7.10. The van der Waals surface area contributed by atoms with Crippen molar-refractivity contribution in [2.75, 3.05) is 27.9 Å². The second kappa shape index (κ2) is 12.3. The number of halogens is 1. The molecule has 0 aliphatic heterocycles. The van der Waals surface area contributed by atoms with Gasteiger partial charge in [0.2, 0.25) is 11.5 Å². The van der Waals surface area contributed by atoms with Gasteiger partial charge in [0.15, 0.2) is 11.5 Å². The van der Waals surface area contributed by atoms with Crippen molar-refractivity contribution in [1.82, 2.24) is 5.32 Å². The molecular weight excluding hydrogens is 464 g/mol. The third kappa shape index (κ3) is 6.10. The van der Waals surface area contributed by atoms with Crippen LogP contribution >= 0.6 is 23.7 Å². The second-order valence-corrected chi connectivity index (χ2v) is 8.00. The zero-order chi connectivity index (χ0) is 23.1. The number of amides is 1. The van der Waals surface area contributed by atoms with E-state index in [1.54, 1.807) is 17.4 Å². The first-order chi connectivity index (χ1) is 15.5. The highest BCUT2D eigenvalue weighted by Gasteiger charge is 2.27. The van der Waals surface area contributed by atoms with Gasteiger partial charge in [0.1, 0.15) is 5.75 Å². The molecule has 0 saturated heterocycles. The molecule has 3 N–H and O–H groups in total. The third-order valence-electron chi connectivity index (χ3n) is 4.92. The normalized spacial score (nSPS) is 11.2. The maximum Gasteiger partial charge on any atom is 0.255 e. The van der Waals surface area contributed by atoms with Gasteiger partial charge in [-0.15, -0.1) is 23.7 Å². The molecule has 0 aliphatic carbocycles. The zero-order valence-corrected chi connectivity index (χ0v) is 20.7. The van der Waals surface area contributed by atoms with E-state index >= 15 is 0 Å². The molecule has 1 unspecified atom stereocenters. The summed E-state index contributed by atoms with van der Waals surface area (Å²) in [4.78, 5) is 14.2. The number of carbonyl (C=O) groups is 1. The van der Waals surface area contributed by atoms with E-state index in [2.05, 4.69) is 5.32 Å². The van der Waals surface area contributed by atoms with Crippen molar-refractivity contribution in [3.05, 3.63) is 63.8 Å². The predicted octanol–water partition coefficient (Wildman–Crippen LogP) is 4.98. The molecule has 1 aromatic heterocycles. The van der Waals surface area contributed by atoms with Crippen LogP contribution in [0.3, 0.4) is 0 Å². The fraction of sp³-hybridized carbons (Fsp3) is 0.292. The second-order valence-electron chi connectivity index (χ2n) is 7.02. The van der Waals surface area contributed by atoms with Crippen LogP contribution in [0.2, 0.25) is 0 Å². The molecule has 1 heterocycles. The van der Waals surface area contributed by atoms with Gasteiger partial charge in [-0.1, -0.05) is 18.2 Å². The van der Waals surface area contributed by atoms with Crippen molar-refractivity contribution in [1.29, 1.82) is 0 Å². The molecular formula is C24H29ClN2O5S. The Morgan fingerprint density at radius 2 is 1.70 bits per heavy atom. The lowest BCUT2D eigenvalue weighted by atomic mass is 10.1. The summed E-state index contributed by atoms with van der Waals surface area (Å²) in [5.41, 5.74) is 7.01. The van der Waals surface area contributed by atoms with Gasteiger partial charge in [-0.3, -0.25) is 4.79 Å². The third-order valence-corrected chi connectivity index (χ3v) is 5.97. The molecule has 0 fully saturated rings. The summed E-state index contributed by atoms with van der Waals surface area (Å²) in [6.45, 7) is 2.50. The molecule has 0 saturated carbocycles. The molecule has 0 bridgehead atoms. The van der Waals surface area contributed by atoms with E-state index in [1.807, 2.05) is 48.7 Å². The van der Waals surface area contributed by atoms with E-state index in [0.29, 0.717) is 23.8 Å². The molecule has 3 aromatic rings. The summed E-state index contributed by atoms with van der Waals surface area (Å²) in [7, 11) is 4.47. The number of benzene rings is 2. The highest BCUT2D eigenvalue weighted by Crippen LogP contribution is 2.48. The van der Waals surface area contributed by atoms with Gasteiger partial charge in [0.05, 0.1) is 32.9 Å². The molecule has 0 spiro atoms. The van der Waals surface area contributed by atoms with E-state index in [4.69, 9.17) is 24.7 Å². The number of hydrogen-bond acceptors (Lipinski definition) is 7. The van der Waals surface area contributed by atoms with Crippen molar-refractivity contribution in [3.63, 3.8) is 0 Å². The molecule has 2 aromatic carbocycles. The summed E-state index contributed by atoms with van der Waals surface area (Å²) in [6.07, 6.45) is 0.784. The number of nitrogens with two attached hydrogens (primary N) is 1. The van der Waals surface area contributed by atoms with Crippen molar-refractivity contribution in [2.45, 2.75) is 19.4 Å². The highest BCUT2D eigenvalue weighted by atomic mass is 35.5. The Balaban J connectivity index is 0.00000385. The minimum absolute atomic E-state index is 0. The fourth-order valence-corrected chi connectivity index (χ4v) is 4.06. The maximum absolute atomic E-state index is 13.2. The van der Waals surface area contributed by atoms with E-state index in [-0.39, 0.29) is 41.4 Å². The SMILES string of the molecule is COc1c(Oc2ccc(CCN)cc2)cc(C(=O)NC(C)c2cccs2)c(OC)c1OC.Cl. The van der Waals surface area contributed by atoms with E-state index in [9.17, 15) is 4.79 Å². The van der Waals surface area contributed by atoms with Gasteiger partial charge >= 0.3 is 0 Å². The molecule has 9 heteroatoms. The molecule has 33 heavy (non-hydrogen) atoms. The average Bonchev–Trinajstić information content (AvgIpc) is 3.34. The zero-order valence-electron chi connectivity index (χ0n) is 19.0. The van der Waals surface area contributed by atoms with Gasteiger partial charge in [-0.25, -0.2) is 0 Å². The average molecular weight is 493 g/mol. The number of hydrogen-bond donors (Lipinski definition) is 2. The van der Waals surface area contributed by atoms with E-state index in [1.165, 1.54) is 21.3 Å². The van der Waals surface area contributed by atoms with Crippen molar-refractivity contribution in [3.8, 4) is 28.7 Å². The summed E-state index contributed by atoms with van der Waals surface area (Å²) < 4.78 is 22.7. The van der Waals surface area contributed by atoms with Crippen LogP contribution in [0.5, 0.6) is 28.7 Å². The van der Waals surface area contributed by atoms with Crippen LogP contribution < -0.4 is 30.0 Å². The summed E-state index contributed by atoms with van der Waals surface area (Å²) in [6, 6.07) is 13.0. The van der Waals surface area contributed by atoms with Crippen LogP contribution in [0, 0.1) is 0 Å². The maximum atomic E-state index is 13.2. The fourth-order valence-electron chi connectivity index (χ4n) is 3.33. The van der Waals surface area contributed by atoms with Gasteiger partial charge < -0.3 is 30.0 Å². The van der Waals surface area contributed by atoms with Crippen LogP contribution in [0.25, 0.3) is 0 Å². The minimum Gasteiger partial charge on any atom is -0.492 e. The van der Waals surface area contributed by atoms with Crippen LogP contribution in [0.1, 0.15) is 33.8 Å². The monoisotopic (exact) mass is 492 g/mol. The van der Waals surface area contributed by atoms with Crippen LogP contribution in [0.15, 0.2) is 47.8 Å². The molecule has 1 atom stereocenters. The van der Waals surface area contributed by atoms with Crippen LogP contribution in [0.4, 0.5) is 0 Å². The quantitative estimate of drug-likeness (QED) is 0.414. The van der Waals surface area contributed by atoms with E-state index < -0.39 is 0 Å². The molecule has 0 radical (unpaired) electrons. The minimum atomic E-state index is -0.313. The number of rotatable bonds is 10. The smallest absolute Gasteiger partial charge is 0.255 e. The Labute approximate surface area is 204 Å². The number of methoxy groups -OCH3 is 3. The van der Waals surface area contributed by atoms with Gasteiger partial charge in [-0.2, -0.15) is 0 Å². The van der Waals surface area contributed by atoms with Crippen molar-refractivity contribution < 1.29 is 23.7 Å². The van der Waals surface area contributed by atoms with Crippen LogP contribution in [-0.2, 0) is 6.42 Å². The largest absolute Gasteiger partial charge is 0.492 e. The summed E-state index contributed by atoms with van der Waals surface area (Å²) >= 11 is 1.58. The van der Waals surface area contributed by atoms with Crippen LogP contribution in [-0.4, -0.2) is 33.8 Å². The number of nitrogens with one attached hydrogen (secondary N) is 1. The lowest BCUT2D eigenvalue weighted by Crippen LogP contribution is -2.26. The molecule has 0 aliphatic rings. The molecule has 178 valence electrons. The standard InChI is InChI=1S/C24H28N2O5S.ClH/c1-15(20-6-5-13-32-20)26-24(27)18-14-19(22(29-3)23(30-4)21(18)28-2)31-17-9-7-16(8-10-17)11-12-25;/h5-10,13-15H,11-12,25H2,1-4H3,(H,26,27);1H. The Hall–Kier alpha value is -2.94. The number of thiophene rings is 1. The Morgan fingerprint density at radius 3 is 2.24 bits per heavy atom. The number of ether oxygens (including phenoxy) is 4. The summed E-state index contributed by atoms with van der Waals surface area (Å²) in [5.74, 6) is 1.50. The van der Waals surface area contributed by atoms with E-state index in [0.717, 1.165) is 16.9 Å². The lowest BCUT2D eigenvalue weighted by molar-refractivity contribution is 0.0936. The van der Waals surface area contributed by atoms with Crippen molar-refractivity contribution in [2.24, 2.45) is 5.73 Å².